The SMILES string of the molecule is C=CC(=O)OCCOC(=C)C(=O)Oc1ccccc1. The van der Waals surface area contributed by atoms with Crippen molar-refractivity contribution in [2.24, 2.45) is 0 Å². The van der Waals surface area contributed by atoms with Gasteiger partial charge in [0.25, 0.3) is 0 Å². The number of para-hydroxylation sites is 1. The normalized spacial score (nSPS) is 9.26. The Morgan fingerprint density at radius 1 is 1.11 bits per heavy atom. The lowest BCUT2D eigenvalue weighted by Gasteiger charge is -2.08. The number of esters is 2. The molecule has 0 aliphatic heterocycles. The third-order valence-corrected chi connectivity index (χ3v) is 1.95. The summed E-state index contributed by atoms with van der Waals surface area (Å²) in [7, 11) is 0. The largest absolute Gasteiger partial charge is 0.483 e. The second-order valence-corrected chi connectivity index (χ2v) is 3.35. The van der Waals surface area contributed by atoms with Crippen LogP contribution in [-0.2, 0) is 19.1 Å². The molecule has 0 aliphatic rings. The van der Waals surface area contributed by atoms with E-state index in [4.69, 9.17) is 9.47 Å². The molecule has 100 valence electrons. The predicted molar refractivity (Wildman–Crippen MR) is 68.3 cm³/mol. The first kappa shape index (κ1) is 14.5. The van der Waals surface area contributed by atoms with Gasteiger partial charge in [-0.05, 0) is 18.7 Å². The van der Waals surface area contributed by atoms with Gasteiger partial charge in [0.1, 0.15) is 19.0 Å². The summed E-state index contributed by atoms with van der Waals surface area (Å²) in [5.74, 6) is -1.00. The maximum Gasteiger partial charge on any atom is 0.378 e. The van der Waals surface area contributed by atoms with E-state index in [9.17, 15) is 9.59 Å². The van der Waals surface area contributed by atoms with E-state index in [2.05, 4.69) is 17.9 Å². The van der Waals surface area contributed by atoms with Crippen LogP contribution in [0.3, 0.4) is 0 Å². The van der Waals surface area contributed by atoms with Gasteiger partial charge in [-0.1, -0.05) is 24.8 Å². The maximum atomic E-state index is 11.5. The zero-order chi connectivity index (χ0) is 14.1. The van der Waals surface area contributed by atoms with Gasteiger partial charge in [0.2, 0.25) is 0 Å². The van der Waals surface area contributed by atoms with Crippen LogP contribution in [0.4, 0.5) is 0 Å². The molecular weight excluding hydrogens is 248 g/mol. The highest BCUT2D eigenvalue weighted by atomic mass is 16.6. The van der Waals surface area contributed by atoms with Crippen molar-refractivity contribution >= 4 is 11.9 Å². The highest BCUT2D eigenvalue weighted by Crippen LogP contribution is 2.10. The van der Waals surface area contributed by atoms with E-state index >= 15 is 0 Å². The summed E-state index contributed by atoms with van der Waals surface area (Å²) in [5.41, 5.74) is 0. The standard InChI is InChI=1S/C14H14O5/c1-3-13(15)18-10-9-17-11(2)14(16)19-12-7-5-4-6-8-12/h3-8H,1-2,9-10H2. The molecule has 0 bridgehead atoms. The molecule has 0 aliphatic carbocycles. The van der Waals surface area contributed by atoms with Crippen LogP contribution in [0.1, 0.15) is 0 Å². The number of rotatable bonds is 7. The molecule has 5 nitrogen and oxygen atoms in total. The molecule has 0 unspecified atom stereocenters. The molecule has 19 heavy (non-hydrogen) atoms. The molecular formula is C14H14O5. The van der Waals surface area contributed by atoms with Crippen LogP contribution < -0.4 is 4.74 Å². The zero-order valence-corrected chi connectivity index (χ0v) is 10.3. The Bertz CT molecular complexity index is 464. The first-order chi connectivity index (χ1) is 9.13. The first-order valence-electron chi connectivity index (χ1n) is 5.51. The Morgan fingerprint density at radius 3 is 2.37 bits per heavy atom. The van der Waals surface area contributed by atoms with E-state index in [1.54, 1.807) is 30.3 Å². The summed E-state index contributed by atoms with van der Waals surface area (Å²) in [6.07, 6.45) is 1.04. The van der Waals surface area contributed by atoms with Crippen molar-refractivity contribution in [1.29, 1.82) is 0 Å². The fourth-order valence-corrected chi connectivity index (χ4v) is 1.08. The number of ether oxygens (including phenoxy) is 3. The number of hydrogen-bond donors (Lipinski definition) is 0. The fraction of sp³-hybridized carbons (Fsp3) is 0.143. The Kier molecular flexibility index (Phi) is 5.88. The third-order valence-electron chi connectivity index (χ3n) is 1.95. The molecule has 0 atom stereocenters. The van der Waals surface area contributed by atoms with Crippen molar-refractivity contribution in [2.75, 3.05) is 13.2 Å². The highest BCUT2D eigenvalue weighted by molar-refractivity contribution is 5.87. The van der Waals surface area contributed by atoms with E-state index in [1.807, 2.05) is 0 Å². The molecule has 0 amide bonds. The van der Waals surface area contributed by atoms with Gasteiger partial charge in [0.15, 0.2) is 5.76 Å². The summed E-state index contributed by atoms with van der Waals surface area (Å²) in [6.45, 7) is 6.69. The van der Waals surface area contributed by atoms with Crippen molar-refractivity contribution in [3.05, 3.63) is 55.3 Å². The minimum atomic E-state index is -0.693. The van der Waals surface area contributed by atoms with Gasteiger partial charge < -0.3 is 14.2 Å². The summed E-state index contributed by atoms with van der Waals surface area (Å²) >= 11 is 0. The lowest BCUT2D eigenvalue weighted by atomic mass is 10.3. The van der Waals surface area contributed by atoms with E-state index in [-0.39, 0.29) is 19.0 Å². The van der Waals surface area contributed by atoms with E-state index in [0.29, 0.717) is 5.75 Å². The Hall–Kier alpha value is -2.56. The summed E-state index contributed by atoms with van der Waals surface area (Å²) < 4.78 is 14.6. The molecule has 1 aromatic rings. The van der Waals surface area contributed by atoms with Gasteiger partial charge in [-0.3, -0.25) is 0 Å². The lowest BCUT2D eigenvalue weighted by Crippen LogP contribution is -2.15. The Morgan fingerprint density at radius 2 is 1.74 bits per heavy atom. The highest BCUT2D eigenvalue weighted by Gasteiger charge is 2.11. The molecule has 0 heterocycles. The molecule has 0 saturated heterocycles. The zero-order valence-electron chi connectivity index (χ0n) is 10.3. The minimum absolute atomic E-state index is 0.00247. The topological polar surface area (TPSA) is 61.8 Å². The third kappa shape index (κ3) is 5.54. The predicted octanol–water partition coefficient (Wildman–Crippen LogP) is 1.85. The molecule has 0 aromatic heterocycles. The molecule has 5 heteroatoms. The average molecular weight is 262 g/mol. The van der Waals surface area contributed by atoms with E-state index in [0.717, 1.165) is 6.08 Å². The van der Waals surface area contributed by atoms with Crippen molar-refractivity contribution in [1.82, 2.24) is 0 Å². The van der Waals surface area contributed by atoms with Crippen molar-refractivity contribution in [3.8, 4) is 5.75 Å². The molecule has 0 spiro atoms. The van der Waals surface area contributed by atoms with Crippen LogP contribution in [0.25, 0.3) is 0 Å². The van der Waals surface area contributed by atoms with Gasteiger partial charge >= 0.3 is 11.9 Å². The number of carbonyl (C=O) groups excluding carboxylic acids is 2. The maximum absolute atomic E-state index is 11.5. The molecule has 1 rings (SSSR count). The molecule has 0 saturated carbocycles. The summed E-state index contributed by atoms with van der Waals surface area (Å²) in [4.78, 5) is 22.2. The van der Waals surface area contributed by atoms with Crippen LogP contribution in [0.15, 0.2) is 55.3 Å². The number of benzene rings is 1. The van der Waals surface area contributed by atoms with Crippen molar-refractivity contribution in [2.45, 2.75) is 0 Å². The second-order valence-electron chi connectivity index (χ2n) is 3.35. The van der Waals surface area contributed by atoms with Crippen LogP contribution in [-0.4, -0.2) is 25.2 Å². The van der Waals surface area contributed by atoms with Gasteiger partial charge in [-0.2, -0.15) is 0 Å². The lowest BCUT2D eigenvalue weighted by molar-refractivity contribution is -0.139. The molecule has 0 fully saturated rings. The quantitative estimate of drug-likeness (QED) is 0.247. The van der Waals surface area contributed by atoms with Crippen molar-refractivity contribution < 1.29 is 23.8 Å². The molecule has 0 N–H and O–H groups in total. The van der Waals surface area contributed by atoms with E-state index in [1.165, 1.54) is 0 Å². The summed E-state index contributed by atoms with van der Waals surface area (Å²) in [5, 5.41) is 0. The van der Waals surface area contributed by atoms with Crippen molar-refractivity contribution in [3.63, 3.8) is 0 Å². The first-order valence-corrected chi connectivity index (χ1v) is 5.51. The van der Waals surface area contributed by atoms with E-state index < -0.39 is 11.9 Å². The second kappa shape index (κ2) is 7.71. The van der Waals surface area contributed by atoms with Gasteiger partial charge in [0.05, 0.1) is 0 Å². The number of carbonyl (C=O) groups is 2. The molecule has 1 aromatic carbocycles. The summed E-state index contributed by atoms with van der Waals surface area (Å²) in [6, 6.07) is 8.55. The van der Waals surface area contributed by atoms with Gasteiger partial charge in [0, 0.05) is 6.08 Å². The van der Waals surface area contributed by atoms with Crippen LogP contribution in [0.5, 0.6) is 5.75 Å². The van der Waals surface area contributed by atoms with Crippen LogP contribution in [0, 0.1) is 0 Å². The fourth-order valence-electron chi connectivity index (χ4n) is 1.08. The van der Waals surface area contributed by atoms with Crippen LogP contribution >= 0.6 is 0 Å². The Labute approximate surface area is 111 Å². The number of hydrogen-bond acceptors (Lipinski definition) is 5. The van der Waals surface area contributed by atoms with Crippen LogP contribution in [0.2, 0.25) is 0 Å². The average Bonchev–Trinajstić information content (AvgIpc) is 2.44. The monoisotopic (exact) mass is 262 g/mol. The Balaban J connectivity index is 2.28. The minimum Gasteiger partial charge on any atom is -0.483 e. The smallest absolute Gasteiger partial charge is 0.378 e. The van der Waals surface area contributed by atoms with Gasteiger partial charge in [-0.15, -0.1) is 0 Å². The van der Waals surface area contributed by atoms with Gasteiger partial charge in [-0.25, -0.2) is 9.59 Å². The molecule has 0 radical (unpaired) electrons.